The van der Waals surface area contributed by atoms with Crippen molar-refractivity contribution in [1.82, 2.24) is 0 Å². The number of thiophene rings is 1. The number of rotatable bonds is 3. The molecule has 0 aliphatic heterocycles. The van der Waals surface area contributed by atoms with Gasteiger partial charge < -0.3 is 0 Å². The second-order valence-corrected chi connectivity index (χ2v) is 7.18. The van der Waals surface area contributed by atoms with Gasteiger partial charge in [-0.2, -0.15) is 5.26 Å². The molecule has 3 nitrogen and oxygen atoms in total. The van der Waals surface area contributed by atoms with Gasteiger partial charge in [-0.05, 0) is 29.1 Å². The number of halogens is 1. The second kappa shape index (κ2) is 5.11. The van der Waals surface area contributed by atoms with Crippen LogP contribution in [0.5, 0.6) is 0 Å². The zero-order chi connectivity index (χ0) is 13.2. The smallest absolute Gasteiger partial charge is 0.191 e. The van der Waals surface area contributed by atoms with Crippen LogP contribution in [-0.4, -0.2) is 8.42 Å². The molecule has 2 rings (SSSR count). The van der Waals surface area contributed by atoms with E-state index in [4.69, 9.17) is 16.9 Å². The molecule has 1 heterocycles. The summed E-state index contributed by atoms with van der Waals surface area (Å²) in [6.45, 7) is 0. The number of benzene rings is 1. The maximum Gasteiger partial charge on any atom is 0.191 e. The minimum atomic E-state index is -3.36. The van der Waals surface area contributed by atoms with Crippen LogP contribution in [-0.2, 0) is 15.6 Å². The van der Waals surface area contributed by atoms with Crippen molar-refractivity contribution in [2.45, 2.75) is 9.96 Å². The summed E-state index contributed by atoms with van der Waals surface area (Å²) < 4.78 is 24.4. The second-order valence-electron chi connectivity index (χ2n) is 3.61. The van der Waals surface area contributed by atoms with E-state index < -0.39 is 9.84 Å². The number of nitrogens with zero attached hydrogens (tertiary/aromatic N) is 1. The highest BCUT2D eigenvalue weighted by Gasteiger charge is 2.18. The van der Waals surface area contributed by atoms with E-state index in [1.165, 1.54) is 17.4 Å². The SMILES string of the molecule is N#Cc1ccc(CS(=O)(=O)c2cccs2)c(Cl)c1. The first kappa shape index (κ1) is 13.1. The Bertz CT molecular complexity index is 700. The predicted molar refractivity (Wildman–Crippen MR) is 71.4 cm³/mol. The summed E-state index contributed by atoms with van der Waals surface area (Å²) in [4.78, 5) is 0. The molecule has 0 bridgehead atoms. The molecule has 0 aliphatic rings. The van der Waals surface area contributed by atoms with Gasteiger partial charge in [-0.1, -0.05) is 23.7 Å². The van der Waals surface area contributed by atoms with Crippen LogP contribution < -0.4 is 0 Å². The van der Waals surface area contributed by atoms with Gasteiger partial charge in [0.2, 0.25) is 0 Å². The number of nitriles is 1. The number of hydrogen-bond donors (Lipinski definition) is 0. The average molecular weight is 298 g/mol. The Balaban J connectivity index is 2.33. The van der Waals surface area contributed by atoms with Crippen LogP contribution in [0.15, 0.2) is 39.9 Å². The number of hydrogen-bond acceptors (Lipinski definition) is 4. The third kappa shape index (κ3) is 2.72. The van der Waals surface area contributed by atoms with Crippen LogP contribution in [0, 0.1) is 11.3 Å². The molecular weight excluding hydrogens is 290 g/mol. The predicted octanol–water partition coefficient (Wildman–Crippen LogP) is 3.25. The molecule has 0 spiro atoms. The van der Waals surface area contributed by atoms with Gasteiger partial charge in [-0.3, -0.25) is 0 Å². The molecule has 6 heteroatoms. The van der Waals surface area contributed by atoms with Crippen molar-refractivity contribution in [3.8, 4) is 6.07 Å². The molecule has 1 aromatic carbocycles. The van der Waals surface area contributed by atoms with Gasteiger partial charge in [0.1, 0.15) is 4.21 Å². The molecule has 1 aromatic heterocycles. The van der Waals surface area contributed by atoms with Gasteiger partial charge in [-0.15, -0.1) is 11.3 Å². The highest BCUT2D eigenvalue weighted by atomic mass is 35.5. The molecule has 0 radical (unpaired) electrons. The molecule has 0 saturated heterocycles. The molecule has 0 N–H and O–H groups in total. The molecule has 92 valence electrons. The van der Waals surface area contributed by atoms with Crippen molar-refractivity contribution in [2.24, 2.45) is 0 Å². The summed E-state index contributed by atoms with van der Waals surface area (Å²) in [5.74, 6) is -0.155. The fraction of sp³-hybridized carbons (Fsp3) is 0.0833. The summed E-state index contributed by atoms with van der Waals surface area (Å²) in [6.07, 6.45) is 0. The molecule has 2 aromatic rings. The van der Waals surface area contributed by atoms with E-state index in [-0.39, 0.29) is 5.75 Å². The Kier molecular flexibility index (Phi) is 3.71. The largest absolute Gasteiger partial charge is 0.223 e. The molecule has 0 amide bonds. The van der Waals surface area contributed by atoms with Crippen molar-refractivity contribution in [1.29, 1.82) is 5.26 Å². The Morgan fingerprint density at radius 3 is 2.67 bits per heavy atom. The fourth-order valence-electron chi connectivity index (χ4n) is 1.45. The van der Waals surface area contributed by atoms with Crippen LogP contribution in [0.2, 0.25) is 5.02 Å². The van der Waals surface area contributed by atoms with Crippen molar-refractivity contribution < 1.29 is 8.42 Å². The minimum absolute atomic E-state index is 0.155. The molecule has 0 unspecified atom stereocenters. The van der Waals surface area contributed by atoms with Gasteiger partial charge in [0, 0.05) is 5.02 Å². The molecule has 18 heavy (non-hydrogen) atoms. The normalized spacial score (nSPS) is 11.1. The van der Waals surface area contributed by atoms with E-state index in [2.05, 4.69) is 0 Å². The Morgan fingerprint density at radius 1 is 1.33 bits per heavy atom. The number of sulfone groups is 1. The van der Waals surface area contributed by atoms with Gasteiger partial charge >= 0.3 is 0 Å². The lowest BCUT2D eigenvalue weighted by molar-refractivity contribution is 0.597. The zero-order valence-corrected chi connectivity index (χ0v) is 11.5. The third-order valence-electron chi connectivity index (χ3n) is 2.33. The van der Waals surface area contributed by atoms with Crippen LogP contribution in [0.25, 0.3) is 0 Å². The van der Waals surface area contributed by atoms with Gasteiger partial charge in [-0.25, -0.2) is 8.42 Å². The lowest BCUT2D eigenvalue weighted by atomic mass is 10.2. The Morgan fingerprint density at radius 2 is 2.11 bits per heavy atom. The quantitative estimate of drug-likeness (QED) is 0.874. The minimum Gasteiger partial charge on any atom is -0.223 e. The van der Waals surface area contributed by atoms with Gasteiger partial charge in [0.25, 0.3) is 0 Å². The molecule has 0 saturated carbocycles. The fourth-order valence-corrected chi connectivity index (χ4v) is 4.24. The first-order valence-electron chi connectivity index (χ1n) is 4.98. The van der Waals surface area contributed by atoms with Gasteiger partial charge in [0.05, 0.1) is 17.4 Å². The van der Waals surface area contributed by atoms with E-state index in [0.717, 1.165) is 0 Å². The monoisotopic (exact) mass is 297 g/mol. The Labute approximate surface area is 114 Å². The van der Waals surface area contributed by atoms with Crippen LogP contribution in [0.3, 0.4) is 0 Å². The van der Waals surface area contributed by atoms with Crippen molar-refractivity contribution in [3.05, 3.63) is 51.9 Å². The lowest BCUT2D eigenvalue weighted by Gasteiger charge is -2.04. The van der Waals surface area contributed by atoms with Gasteiger partial charge in [0.15, 0.2) is 9.84 Å². The van der Waals surface area contributed by atoms with E-state index in [1.54, 1.807) is 29.6 Å². The zero-order valence-electron chi connectivity index (χ0n) is 9.13. The standard InChI is InChI=1S/C12H8ClNO2S2/c13-11-6-9(7-14)3-4-10(11)8-18(15,16)12-2-1-5-17-12/h1-6H,8H2. The van der Waals surface area contributed by atoms with Crippen molar-refractivity contribution >= 4 is 32.8 Å². The first-order chi connectivity index (χ1) is 8.53. The summed E-state index contributed by atoms with van der Waals surface area (Å²) in [6, 6.07) is 9.82. The Hall–Kier alpha value is -1.35. The highest BCUT2D eigenvalue weighted by molar-refractivity contribution is 7.92. The molecule has 0 aliphatic carbocycles. The summed E-state index contributed by atoms with van der Waals surface area (Å²) in [5, 5.41) is 10.7. The van der Waals surface area contributed by atoms with Crippen LogP contribution in [0.1, 0.15) is 11.1 Å². The van der Waals surface area contributed by atoms with Crippen LogP contribution in [0.4, 0.5) is 0 Å². The first-order valence-corrected chi connectivity index (χ1v) is 7.89. The average Bonchev–Trinajstić information content (AvgIpc) is 2.86. The third-order valence-corrected chi connectivity index (χ3v) is 5.83. The summed E-state index contributed by atoms with van der Waals surface area (Å²) >= 11 is 7.14. The summed E-state index contributed by atoms with van der Waals surface area (Å²) in [5.41, 5.74) is 0.918. The molecular formula is C12H8ClNO2S2. The lowest BCUT2D eigenvalue weighted by Crippen LogP contribution is -2.03. The van der Waals surface area contributed by atoms with E-state index in [0.29, 0.717) is 20.4 Å². The molecule has 0 atom stereocenters. The molecule has 0 fully saturated rings. The maximum atomic E-state index is 12.1. The topological polar surface area (TPSA) is 57.9 Å². The van der Waals surface area contributed by atoms with Crippen LogP contribution >= 0.6 is 22.9 Å². The van der Waals surface area contributed by atoms with E-state index in [9.17, 15) is 8.42 Å². The van der Waals surface area contributed by atoms with Crippen molar-refractivity contribution in [2.75, 3.05) is 0 Å². The van der Waals surface area contributed by atoms with E-state index in [1.807, 2.05) is 6.07 Å². The summed E-state index contributed by atoms with van der Waals surface area (Å²) in [7, 11) is -3.36. The maximum absolute atomic E-state index is 12.1. The highest BCUT2D eigenvalue weighted by Crippen LogP contribution is 2.25. The van der Waals surface area contributed by atoms with E-state index >= 15 is 0 Å². The van der Waals surface area contributed by atoms with Crippen molar-refractivity contribution in [3.63, 3.8) is 0 Å².